The number of hydrogen-bond donors (Lipinski definition) is 0. The monoisotopic (exact) mass is 421 g/mol. The highest BCUT2D eigenvalue weighted by atomic mass is 35.5. The first-order valence-electron chi connectivity index (χ1n) is 7.52. The van der Waals surface area contributed by atoms with Crippen molar-refractivity contribution in [2.24, 2.45) is 0 Å². The molecule has 0 spiro atoms. The molecule has 2 aromatic rings. The van der Waals surface area contributed by atoms with Crippen LogP contribution in [0.3, 0.4) is 0 Å². The van der Waals surface area contributed by atoms with Gasteiger partial charge in [-0.15, -0.1) is 0 Å². The molecule has 2 rings (SSSR count). The van der Waals surface area contributed by atoms with Crippen LogP contribution in [-0.4, -0.2) is 31.5 Å². The maximum atomic E-state index is 12.6. The van der Waals surface area contributed by atoms with Crippen LogP contribution < -0.4 is 0 Å². The van der Waals surface area contributed by atoms with Gasteiger partial charge >= 0.3 is 5.76 Å². The highest BCUT2D eigenvalue weighted by Gasteiger charge is 2.26. The molecule has 0 aliphatic rings. The molecule has 0 radical (unpaired) electrons. The van der Waals surface area contributed by atoms with Crippen molar-refractivity contribution in [1.82, 2.24) is 4.90 Å². The number of carbonyl (C=O) groups excluding carboxylic acids is 1. The minimum absolute atomic E-state index is 0.195. The fourth-order valence-corrected chi connectivity index (χ4v) is 3.30. The number of halogens is 4. The van der Waals surface area contributed by atoms with Gasteiger partial charge in [0.25, 0.3) is 5.91 Å². The Bertz CT molecular complexity index is 903. The summed E-state index contributed by atoms with van der Waals surface area (Å²) in [4.78, 5) is 13.6. The molecule has 0 aromatic heterocycles. The summed E-state index contributed by atoms with van der Waals surface area (Å²) < 4.78 is 48.0. The van der Waals surface area contributed by atoms with E-state index in [-0.39, 0.29) is 18.0 Å². The van der Waals surface area contributed by atoms with Crippen molar-refractivity contribution in [3.8, 4) is 0 Å². The average molecular weight is 422 g/mol. The second-order valence-corrected chi connectivity index (χ2v) is 8.13. The smallest absolute Gasteiger partial charge is 0.335 e. The Morgan fingerprint density at radius 1 is 1.08 bits per heavy atom. The zero-order valence-electron chi connectivity index (χ0n) is 13.6. The minimum Gasteiger partial charge on any atom is -0.335 e. The predicted molar refractivity (Wildman–Crippen MR) is 96.5 cm³/mol. The molecule has 26 heavy (non-hydrogen) atoms. The van der Waals surface area contributed by atoms with Gasteiger partial charge in [0.2, 0.25) is 9.84 Å². The Morgan fingerprint density at radius 3 is 2.19 bits per heavy atom. The van der Waals surface area contributed by atoms with Crippen LogP contribution in [0.5, 0.6) is 0 Å². The molecular formula is C17H15Cl2F2NO3S. The Kier molecular flexibility index (Phi) is 6.60. The van der Waals surface area contributed by atoms with Crippen molar-refractivity contribution < 1.29 is 22.0 Å². The molecule has 4 nitrogen and oxygen atoms in total. The summed E-state index contributed by atoms with van der Waals surface area (Å²) in [5.41, 5.74) is 0.964. The van der Waals surface area contributed by atoms with Crippen LogP contribution in [0.15, 0.2) is 47.4 Å². The van der Waals surface area contributed by atoms with Crippen LogP contribution in [-0.2, 0) is 16.4 Å². The molecule has 9 heteroatoms. The predicted octanol–water partition coefficient (Wildman–Crippen LogP) is 4.65. The van der Waals surface area contributed by atoms with Crippen LogP contribution in [0.2, 0.25) is 10.0 Å². The quantitative estimate of drug-likeness (QED) is 0.681. The molecule has 0 saturated heterocycles. The van der Waals surface area contributed by atoms with Gasteiger partial charge in [-0.1, -0.05) is 29.3 Å². The highest BCUT2D eigenvalue weighted by Crippen LogP contribution is 2.24. The number of alkyl halides is 2. The highest BCUT2D eigenvalue weighted by molar-refractivity contribution is 7.91. The fourth-order valence-electron chi connectivity index (χ4n) is 2.26. The molecule has 0 N–H and O–H groups in total. The van der Waals surface area contributed by atoms with Gasteiger partial charge in [-0.3, -0.25) is 4.79 Å². The summed E-state index contributed by atoms with van der Waals surface area (Å²) >= 11 is 11.8. The molecule has 0 aliphatic carbocycles. The first kappa shape index (κ1) is 20.6. The summed E-state index contributed by atoms with van der Waals surface area (Å²) in [6.07, 6.45) is 0. The van der Waals surface area contributed by atoms with E-state index in [0.717, 1.165) is 17.7 Å². The molecule has 0 bridgehead atoms. The third-order valence-corrected chi connectivity index (χ3v) is 5.83. The normalized spacial score (nSPS) is 11.6. The number of sulfone groups is 1. The van der Waals surface area contributed by atoms with E-state index in [1.807, 2.05) is 0 Å². The molecule has 0 fully saturated rings. The molecule has 1 amide bonds. The van der Waals surface area contributed by atoms with Crippen molar-refractivity contribution in [1.29, 1.82) is 0 Å². The topological polar surface area (TPSA) is 54.5 Å². The lowest BCUT2D eigenvalue weighted by Crippen LogP contribution is -2.30. The van der Waals surface area contributed by atoms with Crippen LogP contribution in [0.25, 0.3) is 0 Å². The Morgan fingerprint density at radius 2 is 1.69 bits per heavy atom. The van der Waals surface area contributed by atoms with Gasteiger partial charge in [0.1, 0.15) is 0 Å². The third-order valence-electron chi connectivity index (χ3n) is 3.69. The molecule has 0 unspecified atom stereocenters. The fraction of sp³-hybridized carbons (Fsp3) is 0.235. The lowest BCUT2D eigenvalue weighted by molar-refractivity contribution is 0.0752. The number of benzene rings is 2. The molecular weight excluding hydrogens is 407 g/mol. The SMILES string of the molecule is CCN(Cc1ccc(Cl)c(Cl)c1)C(=O)c1ccc(S(=O)(=O)C(F)F)cc1. The van der Waals surface area contributed by atoms with Crippen LogP contribution in [0, 0.1) is 0 Å². The van der Waals surface area contributed by atoms with Crippen molar-refractivity contribution in [3.05, 3.63) is 63.6 Å². The number of carbonyl (C=O) groups is 1. The maximum Gasteiger partial charge on any atom is 0.341 e. The van der Waals surface area contributed by atoms with Gasteiger partial charge < -0.3 is 4.90 Å². The van der Waals surface area contributed by atoms with Gasteiger partial charge in [0.15, 0.2) is 0 Å². The molecule has 0 aliphatic heterocycles. The van der Waals surface area contributed by atoms with Gasteiger partial charge in [0.05, 0.1) is 14.9 Å². The van der Waals surface area contributed by atoms with E-state index in [0.29, 0.717) is 16.6 Å². The van der Waals surface area contributed by atoms with E-state index in [1.54, 1.807) is 25.1 Å². The van der Waals surface area contributed by atoms with Crippen molar-refractivity contribution in [2.75, 3.05) is 6.54 Å². The van der Waals surface area contributed by atoms with Gasteiger partial charge in [-0.25, -0.2) is 8.42 Å². The number of rotatable bonds is 6. The second-order valence-electron chi connectivity index (χ2n) is 5.40. The van der Waals surface area contributed by atoms with Crippen LogP contribution in [0.1, 0.15) is 22.8 Å². The van der Waals surface area contributed by atoms with Crippen LogP contribution >= 0.6 is 23.2 Å². The lowest BCUT2D eigenvalue weighted by Gasteiger charge is -2.21. The Hall–Kier alpha value is -1.70. The molecule has 140 valence electrons. The zero-order valence-corrected chi connectivity index (χ0v) is 16.0. The number of nitrogens with zero attached hydrogens (tertiary/aromatic N) is 1. The van der Waals surface area contributed by atoms with E-state index in [9.17, 15) is 22.0 Å². The summed E-state index contributed by atoms with van der Waals surface area (Å²) in [6, 6.07) is 9.45. The number of hydrogen-bond acceptors (Lipinski definition) is 3. The summed E-state index contributed by atoms with van der Waals surface area (Å²) in [6.45, 7) is 2.44. The van der Waals surface area contributed by atoms with Gasteiger partial charge in [-0.05, 0) is 48.9 Å². The summed E-state index contributed by atoms with van der Waals surface area (Å²) in [5, 5.41) is 0.773. The summed E-state index contributed by atoms with van der Waals surface area (Å²) in [5.74, 6) is -3.87. The number of amides is 1. The minimum atomic E-state index is -4.69. The van der Waals surface area contributed by atoms with E-state index in [2.05, 4.69) is 0 Å². The Labute approximate surface area is 160 Å². The second kappa shape index (κ2) is 8.33. The molecule has 0 saturated carbocycles. The third kappa shape index (κ3) is 4.52. The molecule has 0 heterocycles. The van der Waals surface area contributed by atoms with Crippen molar-refractivity contribution in [2.45, 2.75) is 24.1 Å². The lowest BCUT2D eigenvalue weighted by atomic mass is 10.1. The van der Waals surface area contributed by atoms with E-state index in [4.69, 9.17) is 23.2 Å². The van der Waals surface area contributed by atoms with Crippen molar-refractivity contribution >= 4 is 38.9 Å². The summed E-state index contributed by atoms with van der Waals surface area (Å²) in [7, 11) is -4.69. The maximum absolute atomic E-state index is 12.6. The largest absolute Gasteiger partial charge is 0.341 e. The van der Waals surface area contributed by atoms with Crippen molar-refractivity contribution in [3.63, 3.8) is 0 Å². The van der Waals surface area contributed by atoms with E-state index in [1.165, 1.54) is 17.0 Å². The Balaban J connectivity index is 2.21. The average Bonchev–Trinajstić information content (AvgIpc) is 2.62. The van der Waals surface area contributed by atoms with E-state index < -0.39 is 20.5 Å². The molecule has 0 atom stereocenters. The zero-order chi connectivity index (χ0) is 19.5. The van der Waals surface area contributed by atoms with Gasteiger partial charge in [0, 0.05) is 18.7 Å². The molecule has 2 aromatic carbocycles. The standard InChI is InChI=1S/C17H15Cl2F2NO3S/c1-2-22(10-11-3-8-14(18)15(19)9-11)16(23)12-4-6-13(7-5-12)26(24,25)17(20)21/h3-9,17H,2,10H2,1H3. The first-order valence-corrected chi connectivity index (χ1v) is 9.82. The van der Waals surface area contributed by atoms with Gasteiger partial charge in [-0.2, -0.15) is 8.78 Å². The first-order chi connectivity index (χ1) is 12.2. The van der Waals surface area contributed by atoms with Crippen LogP contribution in [0.4, 0.5) is 8.78 Å². The van der Waals surface area contributed by atoms with E-state index >= 15 is 0 Å².